The summed E-state index contributed by atoms with van der Waals surface area (Å²) in [6.07, 6.45) is 0. The molecule has 1 heterocycles. The minimum Gasteiger partial charge on any atom is -0.493 e. The van der Waals surface area contributed by atoms with Gasteiger partial charge in [-0.2, -0.15) is 0 Å². The molecule has 0 saturated carbocycles. The van der Waals surface area contributed by atoms with Gasteiger partial charge >= 0.3 is 0 Å². The third-order valence-corrected chi connectivity index (χ3v) is 4.93. The summed E-state index contributed by atoms with van der Waals surface area (Å²) in [5.41, 5.74) is 2.70. The van der Waals surface area contributed by atoms with Crippen LogP contribution in [0.25, 0.3) is 0 Å². The highest BCUT2D eigenvalue weighted by Gasteiger charge is 2.23. The van der Waals surface area contributed by atoms with Gasteiger partial charge in [-0.3, -0.25) is 0 Å². The van der Waals surface area contributed by atoms with Crippen LogP contribution < -0.4 is 10.1 Å². The van der Waals surface area contributed by atoms with Crippen LogP contribution in [0.5, 0.6) is 5.75 Å². The highest BCUT2D eigenvalue weighted by Crippen LogP contribution is 2.36. The minimum absolute atomic E-state index is 0.507. The van der Waals surface area contributed by atoms with Gasteiger partial charge in [0, 0.05) is 28.7 Å². The highest BCUT2D eigenvalue weighted by atomic mass is 32.2. The molecular weight excluding hydrogens is 278 g/mol. The molecule has 0 bridgehead atoms. The van der Waals surface area contributed by atoms with E-state index in [0.717, 1.165) is 31.2 Å². The number of benzene rings is 2. The molecule has 0 amide bonds. The van der Waals surface area contributed by atoms with E-state index in [0.29, 0.717) is 5.92 Å². The Morgan fingerprint density at radius 3 is 2.76 bits per heavy atom. The Balaban J connectivity index is 1.56. The van der Waals surface area contributed by atoms with E-state index in [9.17, 15) is 0 Å². The largest absolute Gasteiger partial charge is 0.493 e. The summed E-state index contributed by atoms with van der Waals surface area (Å²) >= 11 is 1.91. The van der Waals surface area contributed by atoms with Gasteiger partial charge in [0.05, 0.1) is 6.61 Å². The van der Waals surface area contributed by atoms with Crippen molar-refractivity contribution in [3.05, 3.63) is 59.7 Å². The predicted octanol–water partition coefficient (Wildman–Crippen LogP) is 4.06. The van der Waals surface area contributed by atoms with Gasteiger partial charge in [0.15, 0.2) is 0 Å². The quantitative estimate of drug-likeness (QED) is 0.813. The van der Waals surface area contributed by atoms with Crippen molar-refractivity contribution in [2.75, 3.05) is 18.9 Å². The Labute approximate surface area is 130 Å². The lowest BCUT2D eigenvalue weighted by Crippen LogP contribution is -2.11. The zero-order valence-corrected chi connectivity index (χ0v) is 13.2. The lowest BCUT2D eigenvalue weighted by atomic mass is 10.0. The monoisotopic (exact) mass is 299 g/mol. The van der Waals surface area contributed by atoms with Crippen molar-refractivity contribution in [3.63, 3.8) is 0 Å². The van der Waals surface area contributed by atoms with Gasteiger partial charge in [-0.1, -0.05) is 37.3 Å². The lowest BCUT2D eigenvalue weighted by molar-refractivity contribution is 0.339. The van der Waals surface area contributed by atoms with E-state index in [1.54, 1.807) is 0 Å². The van der Waals surface area contributed by atoms with Crippen LogP contribution in [0.3, 0.4) is 0 Å². The molecule has 0 radical (unpaired) electrons. The van der Waals surface area contributed by atoms with Crippen molar-refractivity contribution in [1.82, 2.24) is 5.32 Å². The van der Waals surface area contributed by atoms with Crippen LogP contribution in [0, 0.1) is 0 Å². The van der Waals surface area contributed by atoms with E-state index in [1.807, 2.05) is 17.8 Å². The van der Waals surface area contributed by atoms with Crippen molar-refractivity contribution in [2.24, 2.45) is 0 Å². The molecule has 110 valence electrons. The van der Waals surface area contributed by atoms with Gasteiger partial charge in [-0.05, 0) is 30.3 Å². The maximum absolute atomic E-state index is 5.74. The summed E-state index contributed by atoms with van der Waals surface area (Å²) in [6.45, 7) is 4.90. The Bertz CT molecular complexity index is 582. The molecular formula is C18H21NOS. The van der Waals surface area contributed by atoms with Crippen molar-refractivity contribution in [3.8, 4) is 5.75 Å². The van der Waals surface area contributed by atoms with Gasteiger partial charge < -0.3 is 10.1 Å². The smallest absolute Gasteiger partial charge is 0.122 e. The minimum atomic E-state index is 0.507. The molecule has 0 aromatic heterocycles. The number of hydrogen-bond acceptors (Lipinski definition) is 3. The van der Waals surface area contributed by atoms with Crippen LogP contribution in [0.4, 0.5) is 0 Å². The van der Waals surface area contributed by atoms with E-state index in [2.05, 4.69) is 54.7 Å². The second kappa shape index (κ2) is 7.01. The molecule has 2 aromatic rings. The summed E-state index contributed by atoms with van der Waals surface area (Å²) in [6, 6.07) is 17.3. The zero-order valence-electron chi connectivity index (χ0n) is 12.3. The first-order chi connectivity index (χ1) is 10.4. The number of nitrogens with one attached hydrogen (secondary N) is 1. The van der Waals surface area contributed by atoms with Crippen LogP contribution >= 0.6 is 11.8 Å². The summed E-state index contributed by atoms with van der Waals surface area (Å²) in [4.78, 5) is 1.33. The molecule has 1 unspecified atom stereocenters. The van der Waals surface area contributed by atoms with E-state index in [-0.39, 0.29) is 0 Å². The molecule has 0 saturated heterocycles. The fourth-order valence-electron chi connectivity index (χ4n) is 2.54. The number of fused-ring (bicyclic) bond motifs is 1. The first-order valence-corrected chi connectivity index (χ1v) is 8.49. The highest BCUT2D eigenvalue weighted by molar-refractivity contribution is 7.99. The van der Waals surface area contributed by atoms with Crippen LogP contribution in [-0.2, 0) is 6.54 Å². The first kappa shape index (κ1) is 14.5. The zero-order chi connectivity index (χ0) is 14.5. The predicted molar refractivity (Wildman–Crippen MR) is 89.2 cm³/mol. The average molecular weight is 299 g/mol. The molecule has 1 N–H and O–H groups in total. The molecule has 1 atom stereocenters. The Morgan fingerprint density at radius 1 is 1.14 bits per heavy atom. The standard InChI is InChI=1S/C18H21NOS/c1-2-19-11-14-7-9-16(10-8-14)21-13-15-12-20-18-6-4-3-5-17(15)18/h3-10,15,19H,2,11-13H2,1H3. The maximum atomic E-state index is 5.74. The lowest BCUT2D eigenvalue weighted by Gasteiger charge is -2.09. The van der Waals surface area contributed by atoms with E-state index < -0.39 is 0 Å². The van der Waals surface area contributed by atoms with Gasteiger partial charge in [0.25, 0.3) is 0 Å². The van der Waals surface area contributed by atoms with Crippen molar-refractivity contribution < 1.29 is 4.74 Å². The fraction of sp³-hybridized carbons (Fsp3) is 0.333. The van der Waals surface area contributed by atoms with Gasteiger partial charge in [0.1, 0.15) is 5.75 Å². The molecule has 1 aliphatic heterocycles. The van der Waals surface area contributed by atoms with Crippen molar-refractivity contribution >= 4 is 11.8 Å². The molecule has 2 nitrogen and oxygen atoms in total. The number of hydrogen-bond donors (Lipinski definition) is 1. The SMILES string of the molecule is CCNCc1ccc(SCC2COc3ccccc32)cc1. The topological polar surface area (TPSA) is 21.3 Å². The van der Waals surface area contributed by atoms with E-state index >= 15 is 0 Å². The summed E-state index contributed by atoms with van der Waals surface area (Å²) < 4.78 is 5.74. The van der Waals surface area contributed by atoms with Gasteiger partial charge in [-0.15, -0.1) is 11.8 Å². The molecule has 2 aromatic carbocycles. The van der Waals surface area contributed by atoms with Crippen LogP contribution in [0.2, 0.25) is 0 Å². The number of thioether (sulfide) groups is 1. The summed E-state index contributed by atoms with van der Waals surface area (Å²) in [5, 5.41) is 3.35. The van der Waals surface area contributed by atoms with Gasteiger partial charge in [-0.25, -0.2) is 0 Å². The second-order valence-electron chi connectivity index (χ2n) is 5.28. The third kappa shape index (κ3) is 3.60. The molecule has 21 heavy (non-hydrogen) atoms. The average Bonchev–Trinajstić information content (AvgIpc) is 2.95. The normalized spacial score (nSPS) is 16.5. The first-order valence-electron chi connectivity index (χ1n) is 7.51. The fourth-order valence-corrected chi connectivity index (χ4v) is 3.53. The van der Waals surface area contributed by atoms with E-state index in [1.165, 1.54) is 16.0 Å². The second-order valence-corrected chi connectivity index (χ2v) is 6.37. The molecule has 3 rings (SSSR count). The molecule has 1 aliphatic rings. The van der Waals surface area contributed by atoms with Crippen LogP contribution in [-0.4, -0.2) is 18.9 Å². The van der Waals surface area contributed by atoms with Crippen LogP contribution in [0.15, 0.2) is 53.4 Å². The van der Waals surface area contributed by atoms with Crippen molar-refractivity contribution in [2.45, 2.75) is 24.3 Å². The molecule has 0 fully saturated rings. The summed E-state index contributed by atoms with van der Waals surface area (Å²) in [5.74, 6) is 2.64. The van der Waals surface area contributed by atoms with Crippen molar-refractivity contribution in [1.29, 1.82) is 0 Å². The molecule has 3 heteroatoms. The Morgan fingerprint density at radius 2 is 1.95 bits per heavy atom. The number of para-hydroxylation sites is 1. The third-order valence-electron chi connectivity index (χ3n) is 3.75. The summed E-state index contributed by atoms with van der Waals surface area (Å²) in [7, 11) is 0. The maximum Gasteiger partial charge on any atom is 0.122 e. The molecule has 0 spiro atoms. The van der Waals surface area contributed by atoms with Gasteiger partial charge in [0.2, 0.25) is 0 Å². The molecule has 0 aliphatic carbocycles. The van der Waals surface area contributed by atoms with Crippen LogP contribution in [0.1, 0.15) is 24.0 Å². The number of ether oxygens (including phenoxy) is 1. The Kier molecular flexibility index (Phi) is 4.84. The van der Waals surface area contributed by atoms with E-state index in [4.69, 9.17) is 4.74 Å². The number of rotatable bonds is 6. The Hall–Kier alpha value is -1.45.